The monoisotopic (exact) mass is 364 g/mol. The first kappa shape index (κ1) is 18.3. The standard InChI is InChI=1S/C21H24N4S/c1-5-12-25-20(18-10-7-11-19(14-18)24(3)4)22-23-21(25)26-15-17-9-6-8-16(2)13-17/h5-11,13-14H,1,12,15H2,2-4H3. The van der Waals surface area contributed by atoms with Gasteiger partial charge >= 0.3 is 0 Å². The summed E-state index contributed by atoms with van der Waals surface area (Å²) < 4.78 is 2.13. The van der Waals surface area contributed by atoms with Crippen LogP contribution in [0.4, 0.5) is 5.69 Å². The van der Waals surface area contributed by atoms with Gasteiger partial charge in [-0.1, -0.05) is 59.8 Å². The first-order valence-electron chi connectivity index (χ1n) is 8.58. The van der Waals surface area contributed by atoms with Crippen LogP contribution in [0, 0.1) is 6.92 Å². The van der Waals surface area contributed by atoms with E-state index in [9.17, 15) is 0 Å². The summed E-state index contributed by atoms with van der Waals surface area (Å²) in [6, 6.07) is 16.9. The molecule has 3 aromatic rings. The molecular formula is C21H24N4S. The zero-order valence-corrected chi connectivity index (χ0v) is 16.3. The van der Waals surface area contributed by atoms with E-state index in [1.165, 1.54) is 11.1 Å². The summed E-state index contributed by atoms with van der Waals surface area (Å²) in [6.07, 6.45) is 1.89. The predicted molar refractivity (Wildman–Crippen MR) is 111 cm³/mol. The van der Waals surface area contributed by atoms with Crippen molar-refractivity contribution in [1.29, 1.82) is 0 Å². The first-order chi connectivity index (χ1) is 12.6. The zero-order chi connectivity index (χ0) is 18.5. The van der Waals surface area contributed by atoms with Crippen LogP contribution in [0.3, 0.4) is 0 Å². The van der Waals surface area contributed by atoms with Gasteiger partial charge in [0, 0.05) is 37.6 Å². The van der Waals surface area contributed by atoms with Gasteiger partial charge in [0.2, 0.25) is 0 Å². The number of thioether (sulfide) groups is 1. The van der Waals surface area contributed by atoms with Crippen molar-refractivity contribution in [1.82, 2.24) is 14.8 Å². The summed E-state index contributed by atoms with van der Waals surface area (Å²) in [5.41, 5.74) is 4.77. The predicted octanol–water partition coefficient (Wildman–Crippen LogP) is 4.80. The molecule has 0 aliphatic carbocycles. The molecule has 26 heavy (non-hydrogen) atoms. The van der Waals surface area contributed by atoms with E-state index in [0.717, 1.165) is 28.0 Å². The Morgan fingerprint density at radius 1 is 1.12 bits per heavy atom. The third kappa shape index (κ3) is 4.17. The van der Waals surface area contributed by atoms with Crippen molar-refractivity contribution >= 4 is 17.4 Å². The van der Waals surface area contributed by atoms with Gasteiger partial charge in [0.25, 0.3) is 0 Å². The highest BCUT2D eigenvalue weighted by molar-refractivity contribution is 7.98. The number of allylic oxidation sites excluding steroid dienone is 1. The molecule has 0 amide bonds. The van der Waals surface area contributed by atoms with E-state index < -0.39 is 0 Å². The number of benzene rings is 2. The molecule has 3 rings (SSSR count). The molecule has 1 heterocycles. The Labute approximate surface area is 159 Å². The van der Waals surface area contributed by atoms with Crippen LogP contribution in [0.15, 0.2) is 66.3 Å². The van der Waals surface area contributed by atoms with Crippen LogP contribution >= 0.6 is 11.8 Å². The average molecular weight is 365 g/mol. The van der Waals surface area contributed by atoms with Crippen molar-refractivity contribution in [2.75, 3.05) is 19.0 Å². The second-order valence-electron chi connectivity index (χ2n) is 6.43. The lowest BCUT2D eigenvalue weighted by Gasteiger charge is -2.14. The third-order valence-electron chi connectivity index (χ3n) is 4.10. The number of nitrogens with zero attached hydrogens (tertiary/aromatic N) is 4. The van der Waals surface area contributed by atoms with E-state index in [1.54, 1.807) is 11.8 Å². The Balaban J connectivity index is 1.88. The lowest BCUT2D eigenvalue weighted by molar-refractivity contribution is 0.731. The summed E-state index contributed by atoms with van der Waals surface area (Å²) in [5.74, 6) is 1.75. The maximum absolute atomic E-state index is 4.46. The zero-order valence-electron chi connectivity index (χ0n) is 15.5. The summed E-state index contributed by atoms with van der Waals surface area (Å²) in [7, 11) is 4.08. The number of hydrogen-bond acceptors (Lipinski definition) is 4. The maximum Gasteiger partial charge on any atom is 0.192 e. The first-order valence-corrected chi connectivity index (χ1v) is 9.57. The van der Waals surface area contributed by atoms with Gasteiger partial charge in [0.05, 0.1) is 0 Å². The molecule has 0 fully saturated rings. The fourth-order valence-electron chi connectivity index (χ4n) is 2.78. The van der Waals surface area contributed by atoms with Crippen molar-refractivity contribution in [2.24, 2.45) is 0 Å². The van der Waals surface area contributed by atoms with Gasteiger partial charge in [0.1, 0.15) is 0 Å². The Bertz CT molecular complexity index is 899. The van der Waals surface area contributed by atoms with Gasteiger partial charge in [-0.05, 0) is 24.6 Å². The van der Waals surface area contributed by atoms with Crippen LogP contribution in [0.2, 0.25) is 0 Å². The Morgan fingerprint density at radius 2 is 1.92 bits per heavy atom. The normalized spacial score (nSPS) is 10.7. The van der Waals surface area contributed by atoms with Crippen LogP contribution in [-0.2, 0) is 12.3 Å². The molecule has 0 saturated carbocycles. The minimum Gasteiger partial charge on any atom is -0.378 e. The second kappa shape index (κ2) is 8.23. The van der Waals surface area contributed by atoms with E-state index in [0.29, 0.717) is 6.54 Å². The van der Waals surface area contributed by atoms with Gasteiger partial charge in [-0.2, -0.15) is 0 Å². The molecule has 2 aromatic carbocycles. The largest absolute Gasteiger partial charge is 0.378 e. The average Bonchev–Trinajstić information content (AvgIpc) is 3.03. The highest BCUT2D eigenvalue weighted by Gasteiger charge is 2.14. The topological polar surface area (TPSA) is 34.0 Å². The fourth-order valence-corrected chi connectivity index (χ4v) is 3.67. The van der Waals surface area contributed by atoms with E-state index in [4.69, 9.17) is 0 Å². The second-order valence-corrected chi connectivity index (χ2v) is 7.37. The molecule has 134 valence electrons. The maximum atomic E-state index is 4.46. The SMILES string of the molecule is C=CCn1c(SCc2cccc(C)c2)nnc1-c1cccc(N(C)C)c1. The minimum atomic E-state index is 0.685. The highest BCUT2D eigenvalue weighted by Crippen LogP contribution is 2.28. The van der Waals surface area contributed by atoms with Gasteiger partial charge in [-0.25, -0.2) is 0 Å². The van der Waals surface area contributed by atoms with E-state index in [-0.39, 0.29) is 0 Å². The van der Waals surface area contributed by atoms with Gasteiger partial charge in [-0.15, -0.1) is 16.8 Å². The van der Waals surface area contributed by atoms with E-state index >= 15 is 0 Å². The molecule has 0 bridgehead atoms. The quantitative estimate of drug-likeness (QED) is 0.445. The Kier molecular flexibility index (Phi) is 5.78. The van der Waals surface area contributed by atoms with Gasteiger partial charge in [-0.3, -0.25) is 4.57 Å². The summed E-state index contributed by atoms with van der Waals surface area (Å²) in [4.78, 5) is 2.09. The molecule has 4 nitrogen and oxygen atoms in total. The van der Waals surface area contributed by atoms with Crippen LogP contribution in [0.1, 0.15) is 11.1 Å². The molecule has 0 atom stereocenters. The molecule has 0 saturated heterocycles. The molecule has 0 radical (unpaired) electrons. The van der Waals surface area contributed by atoms with Crippen LogP contribution in [0.25, 0.3) is 11.4 Å². The molecule has 1 aromatic heterocycles. The van der Waals surface area contributed by atoms with E-state index in [1.807, 2.05) is 20.2 Å². The fraction of sp³-hybridized carbons (Fsp3) is 0.238. The summed E-state index contributed by atoms with van der Waals surface area (Å²) in [6.45, 7) is 6.69. The molecular weight excluding hydrogens is 340 g/mol. The molecule has 0 unspecified atom stereocenters. The Morgan fingerprint density at radius 3 is 2.65 bits per heavy atom. The van der Waals surface area contributed by atoms with Crippen molar-refractivity contribution in [3.8, 4) is 11.4 Å². The molecule has 0 aliphatic rings. The van der Waals surface area contributed by atoms with E-state index in [2.05, 4.69) is 81.7 Å². The molecule has 0 spiro atoms. The van der Waals surface area contributed by atoms with Crippen molar-refractivity contribution in [3.63, 3.8) is 0 Å². The lowest BCUT2D eigenvalue weighted by Crippen LogP contribution is -2.08. The van der Waals surface area contributed by atoms with Gasteiger partial charge in [0.15, 0.2) is 11.0 Å². The van der Waals surface area contributed by atoms with Crippen molar-refractivity contribution in [3.05, 3.63) is 72.3 Å². The highest BCUT2D eigenvalue weighted by atomic mass is 32.2. The summed E-state index contributed by atoms with van der Waals surface area (Å²) >= 11 is 1.71. The van der Waals surface area contributed by atoms with Crippen LogP contribution < -0.4 is 4.90 Å². The molecule has 0 N–H and O–H groups in total. The number of rotatable bonds is 7. The Hall–Kier alpha value is -2.53. The summed E-state index contributed by atoms with van der Waals surface area (Å²) in [5, 5.41) is 9.81. The van der Waals surface area contributed by atoms with Gasteiger partial charge < -0.3 is 4.90 Å². The molecule has 5 heteroatoms. The number of anilines is 1. The number of aromatic nitrogens is 3. The minimum absolute atomic E-state index is 0.685. The number of hydrogen-bond donors (Lipinski definition) is 0. The molecule has 0 aliphatic heterocycles. The third-order valence-corrected chi connectivity index (χ3v) is 5.14. The number of aryl methyl sites for hydroxylation is 1. The van der Waals surface area contributed by atoms with Crippen LogP contribution in [-0.4, -0.2) is 28.9 Å². The lowest BCUT2D eigenvalue weighted by atomic mass is 10.2. The van der Waals surface area contributed by atoms with Crippen LogP contribution in [0.5, 0.6) is 0 Å². The van der Waals surface area contributed by atoms with Crippen molar-refractivity contribution < 1.29 is 0 Å². The smallest absolute Gasteiger partial charge is 0.192 e. The van der Waals surface area contributed by atoms with Crippen molar-refractivity contribution in [2.45, 2.75) is 24.4 Å².